The zero-order valence-electron chi connectivity index (χ0n) is 8.84. The van der Waals surface area contributed by atoms with Crippen LogP contribution in [0.15, 0.2) is 0 Å². The Morgan fingerprint density at radius 1 is 1.29 bits per heavy atom. The lowest BCUT2D eigenvalue weighted by molar-refractivity contribution is 0.103. The summed E-state index contributed by atoms with van der Waals surface area (Å²) in [5.74, 6) is 2.68. The lowest BCUT2D eigenvalue weighted by Crippen LogP contribution is -2.35. The smallest absolute Gasteiger partial charge is 0.0588 e. The average molecular weight is 215 g/mol. The molecule has 0 aliphatic carbocycles. The van der Waals surface area contributed by atoms with Crippen molar-refractivity contribution in [1.82, 2.24) is 5.32 Å². The first kappa shape index (κ1) is 10.8. The fourth-order valence-electron chi connectivity index (χ4n) is 2.22. The first-order valence-electron chi connectivity index (χ1n) is 5.88. The van der Waals surface area contributed by atoms with Crippen LogP contribution in [-0.4, -0.2) is 36.8 Å². The summed E-state index contributed by atoms with van der Waals surface area (Å²) in [5, 5.41) is 3.65. The van der Waals surface area contributed by atoms with Crippen molar-refractivity contribution in [2.75, 3.05) is 24.7 Å². The van der Waals surface area contributed by atoms with E-state index in [0.29, 0.717) is 6.10 Å². The van der Waals surface area contributed by atoms with Gasteiger partial charge in [0.15, 0.2) is 0 Å². The van der Waals surface area contributed by atoms with Gasteiger partial charge in [0.1, 0.15) is 0 Å². The molecule has 2 fully saturated rings. The minimum atomic E-state index is 0.554. The minimum Gasteiger partial charge on any atom is -0.378 e. The fourth-order valence-corrected chi connectivity index (χ4v) is 3.33. The van der Waals surface area contributed by atoms with Gasteiger partial charge in [-0.3, -0.25) is 0 Å². The molecule has 3 heteroatoms. The highest BCUT2D eigenvalue weighted by molar-refractivity contribution is 7.99. The molecule has 0 radical (unpaired) electrons. The number of hydrogen-bond donors (Lipinski definition) is 1. The fraction of sp³-hybridized carbons (Fsp3) is 1.00. The van der Waals surface area contributed by atoms with Crippen molar-refractivity contribution in [3.63, 3.8) is 0 Å². The number of hydrogen-bond acceptors (Lipinski definition) is 3. The number of thioether (sulfide) groups is 1. The molecule has 0 spiro atoms. The van der Waals surface area contributed by atoms with E-state index in [-0.39, 0.29) is 0 Å². The Morgan fingerprint density at radius 2 is 2.29 bits per heavy atom. The Morgan fingerprint density at radius 3 is 3.00 bits per heavy atom. The van der Waals surface area contributed by atoms with E-state index < -0.39 is 0 Å². The van der Waals surface area contributed by atoms with Crippen LogP contribution in [0.2, 0.25) is 0 Å². The third kappa shape index (κ3) is 3.44. The van der Waals surface area contributed by atoms with E-state index in [4.69, 9.17) is 4.74 Å². The molecule has 0 amide bonds. The van der Waals surface area contributed by atoms with Gasteiger partial charge in [-0.1, -0.05) is 0 Å². The van der Waals surface area contributed by atoms with Gasteiger partial charge < -0.3 is 10.1 Å². The molecule has 2 aliphatic heterocycles. The normalized spacial score (nSPS) is 33.4. The summed E-state index contributed by atoms with van der Waals surface area (Å²) in [6, 6.07) is 0.773. The minimum absolute atomic E-state index is 0.554. The topological polar surface area (TPSA) is 21.3 Å². The standard InChI is InChI=1S/C11H21NOS/c1-4-11(13-7-1)5-6-12-10-3-2-8-14-9-10/h10-12H,1-9H2. The lowest BCUT2D eigenvalue weighted by Gasteiger charge is -2.23. The first-order valence-corrected chi connectivity index (χ1v) is 7.03. The van der Waals surface area contributed by atoms with Gasteiger partial charge in [0.2, 0.25) is 0 Å². The van der Waals surface area contributed by atoms with Crippen molar-refractivity contribution in [1.29, 1.82) is 0 Å². The van der Waals surface area contributed by atoms with E-state index >= 15 is 0 Å². The SMILES string of the molecule is C1CSCC(NCCC2CCCO2)C1. The highest BCUT2D eigenvalue weighted by atomic mass is 32.2. The lowest BCUT2D eigenvalue weighted by atomic mass is 10.1. The summed E-state index contributed by atoms with van der Waals surface area (Å²) < 4.78 is 5.60. The molecule has 2 aliphatic rings. The number of nitrogens with one attached hydrogen (secondary N) is 1. The molecule has 2 unspecified atom stereocenters. The monoisotopic (exact) mass is 215 g/mol. The van der Waals surface area contributed by atoms with Crippen molar-refractivity contribution < 1.29 is 4.74 Å². The summed E-state index contributed by atoms with van der Waals surface area (Å²) in [5.41, 5.74) is 0. The van der Waals surface area contributed by atoms with E-state index in [2.05, 4.69) is 17.1 Å². The van der Waals surface area contributed by atoms with Crippen molar-refractivity contribution >= 4 is 11.8 Å². The second-order valence-corrected chi connectivity index (χ2v) is 5.44. The van der Waals surface area contributed by atoms with E-state index in [1.54, 1.807) is 0 Å². The zero-order chi connectivity index (χ0) is 9.64. The van der Waals surface area contributed by atoms with Crippen LogP contribution in [-0.2, 0) is 4.74 Å². The van der Waals surface area contributed by atoms with E-state index in [1.807, 2.05) is 0 Å². The van der Waals surface area contributed by atoms with Gasteiger partial charge in [0, 0.05) is 18.4 Å². The molecule has 2 saturated heterocycles. The van der Waals surface area contributed by atoms with Gasteiger partial charge in [-0.05, 0) is 44.4 Å². The molecule has 2 rings (SSSR count). The molecule has 2 atom stereocenters. The molecule has 82 valence electrons. The maximum absolute atomic E-state index is 5.60. The molecule has 0 aromatic heterocycles. The summed E-state index contributed by atoms with van der Waals surface area (Å²) in [4.78, 5) is 0. The first-order chi connectivity index (χ1) is 6.95. The largest absolute Gasteiger partial charge is 0.378 e. The summed E-state index contributed by atoms with van der Waals surface area (Å²) in [6.07, 6.45) is 7.08. The third-order valence-electron chi connectivity index (χ3n) is 3.08. The van der Waals surface area contributed by atoms with Crippen LogP contribution in [0.25, 0.3) is 0 Å². The van der Waals surface area contributed by atoms with Gasteiger partial charge in [-0.25, -0.2) is 0 Å². The predicted molar refractivity (Wildman–Crippen MR) is 61.9 cm³/mol. The highest BCUT2D eigenvalue weighted by Gasteiger charge is 2.16. The molecular formula is C11H21NOS. The second-order valence-electron chi connectivity index (χ2n) is 4.29. The van der Waals surface area contributed by atoms with Crippen LogP contribution >= 0.6 is 11.8 Å². The van der Waals surface area contributed by atoms with Crippen LogP contribution in [0, 0.1) is 0 Å². The zero-order valence-corrected chi connectivity index (χ0v) is 9.65. The third-order valence-corrected chi connectivity index (χ3v) is 4.30. The summed E-state index contributed by atoms with van der Waals surface area (Å²) in [6.45, 7) is 2.14. The number of rotatable bonds is 4. The van der Waals surface area contributed by atoms with Gasteiger partial charge >= 0.3 is 0 Å². The molecule has 14 heavy (non-hydrogen) atoms. The van der Waals surface area contributed by atoms with Crippen molar-refractivity contribution in [2.45, 2.75) is 44.2 Å². The van der Waals surface area contributed by atoms with E-state index in [0.717, 1.165) is 19.2 Å². The van der Waals surface area contributed by atoms with E-state index in [1.165, 1.54) is 43.6 Å². The summed E-state index contributed by atoms with van der Waals surface area (Å²) in [7, 11) is 0. The Bertz CT molecular complexity index is 153. The van der Waals surface area contributed by atoms with Crippen LogP contribution in [0.4, 0.5) is 0 Å². The summed E-state index contributed by atoms with van der Waals surface area (Å²) >= 11 is 2.09. The predicted octanol–water partition coefficient (Wildman–Crippen LogP) is 2.04. The Hall–Kier alpha value is 0.270. The van der Waals surface area contributed by atoms with Gasteiger partial charge in [-0.2, -0.15) is 11.8 Å². The highest BCUT2D eigenvalue weighted by Crippen LogP contribution is 2.18. The van der Waals surface area contributed by atoms with Crippen LogP contribution < -0.4 is 5.32 Å². The van der Waals surface area contributed by atoms with Crippen LogP contribution in [0.5, 0.6) is 0 Å². The molecule has 2 nitrogen and oxygen atoms in total. The van der Waals surface area contributed by atoms with Crippen molar-refractivity contribution in [2.24, 2.45) is 0 Å². The molecule has 2 heterocycles. The molecule has 0 aromatic rings. The second kappa shape index (κ2) is 5.99. The maximum Gasteiger partial charge on any atom is 0.0588 e. The Labute approximate surface area is 91.2 Å². The Kier molecular flexibility index (Phi) is 4.61. The van der Waals surface area contributed by atoms with Gasteiger partial charge in [-0.15, -0.1) is 0 Å². The van der Waals surface area contributed by atoms with Crippen molar-refractivity contribution in [3.05, 3.63) is 0 Å². The molecular weight excluding hydrogens is 194 g/mol. The maximum atomic E-state index is 5.60. The van der Waals surface area contributed by atoms with Gasteiger partial charge in [0.05, 0.1) is 6.10 Å². The average Bonchev–Trinajstić information content (AvgIpc) is 2.72. The molecule has 0 aromatic carbocycles. The van der Waals surface area contributed by atoms with Crippen molar-refractivity contribution in [3.8, 4) is 0 Å². The molecule has 1 N–H and O–H groups in total. The molecule has 0 saturated carbocycles. The molecule has 0 bridgehead atoms. The van der Waals surface area contributed by atoms with E-state index in [9.17, 15) is 0 Å². The Balaban J connectivity index is 1.52. The van der Waals surface area contributed by atoms with Crippen LogP contribution in [0.1, 0.15) is 32.1 Å². The van der Waals surface area contributed by atoms with Gasteiger partial charge in [0.25, 0.3) is 0 Å². The van der Waals surface area contributed by atoms with Crippen LogP contribution in [0.3, 0.4) is 0 Å². The quantitative estimate of drug-likeness (QED) is 0.775. The number of ether oxygens (including phenoxy) is 1.